The minimum atomic E-state index is -0.850. The lowest BCUT2D eigenvalue weighted by Gasteiger charge is -2.12. The summed E-state index contributed by atoms with van der Waals surface area (Å²) in [5, 5.41) is 20.4. The third-order valence-electron chi connectivity index (χ3n) is 2.65. The fraction of sp³-hybridized carbons (Fsp3) is 0.231. The zero-order valence-corrected chi connectivity index (χ0v) is 12.1. The molecule has 0 unspecified atom stereocenters. The first kappa shape index (κ1) is 14.8. The maximum absolute atomic E-state index is 10.7. The van der Waals surface area contributed by atoms with Gasteiger partial charge in [0.05, 0.1) is 15.4 Å². The van der Waals surface area contributed by atoms with Crippen LogP contribution >= 0.6 is 22.9 Å². The van der Waals surface area contributed by atoms with Crippen LogP contribution in [-0.4, -0.2) is 10.0 Å². The van der Waals surface area contributed by atoms with Gasteiger partial charge in [-0.1, -0.05) is 11.6 Å². The van der Waals surface area contributed by atoms with Crippen molar-refractivity contribution in [1.29, 1.82) is 0 Å². The molecule has 1 N–H and O–H groups in total. The second-order valence-corrected chi connectivity index (χ2v) is 5.95. The number of nitrogens with zero attached hydrogens (tertiary/aromatic N) is 1. The van der Waals surface area contributed by atoms with Crippen molar-refractivity contribution in [2.45, 2.75) is 19.6 Å². The first-order valence-corrected chi connectivity index (χ1v) is 7.00. The molecular formula is C13H12ClNO4S. The summed E-state index contributed by atoms with van der Waals surface area (Å²) < 4.78 is 6.27. The highest BCUT2D eigenvalue weighted by molar-refractivity contribution is 7.16. The number of hydrogen-bond acceptors (Lipinski definition) is 5. The van der Waals surface area contributed by atoms with Crippen molar-refractivity contribution in [2.24, 2.45) is 0 Å². The van der Waals surface area contributed by atoms with Gasteiger partial charge >= 0.3 is 0 Å². The number of aliphatic hydroxyl groups excluding tert-OH is 1. The maximum Gasteiger partial charge on any atom is 0.270 e. The van der Waals surface area contributed by atoms with Crippen LogP contribution in [0.15, 0.2) is 30.3 Å². The summed E-state index contributed by atoms with van der Waals surface area (Å²) in [5.74, 6) is 0.426. The van der Waals surface area contributed by atoms with Gasteiger partial charge in [0, 0.05) is 22.6 Å². The van der Waals surface area contributed by atoms with Gasteiger partial charge in [0.25, 0.3) is 5.69 Å². The van der Waals surface area contributed by atoms with Crippen LogP contribution in [0.2, 0.25) is 4.34 Å². The highest BCUT2D eigenvalue weighted by Gasteiger charge is 2.15. The molecule has 1 heterocycles. The second kappa shape index (κ2) is 6.21. The Labute approximate surface area is 124 Å². The largest absolute Gasteiger partial charge is 0.488 e. The normalized spacial score (nSPS) is 12.2. The fourth-order valence-corrected chi connectivity index (χ4v) is 2.69. The quantitative estimate of drug-likeness (QED) is 0.670. The Hall–Kier alpha value is -1.63. The zero-order valence-electron chi connectivity index (χ0n) is 10.6. The summed E-state index contributed by atoms with van der Waals surface area (Å²) in [6.45, 7) is 1.84. The SMILES string of the molecule is C[C@H](O)c1cc([N+](=O)[O-])ccc1OCc1ccc(Cl)s1. The Morgan fingerprint density at radius 3 is 2.75 bits per heavy atom. The van der Waals surface area contributed by atoms with Gasteiger partial charge in [0.15, 0.2) is 0 Å². The Kier molecular flexibility index (Phi) is 4.59. The molecule has 106 valence electrons. The molecule has 0 spiro atoms. The Morgan fingerprint density at radius 2 is 2.20 bits per heavy atom. The lowest BCUT2D eigenvalue weighted by Crippen LogP contribution is -2.01. The summed E-state index contributed by atoms with van der Waals surface area (Å²) >= 11 is 7.23. The van der Waals surface area contributed by atoms with Crippen LogP contribution in [-0.2, 0) is 6.61 Å². The summed E-state index contributed by atoms with van der Waals surface area (Å²) in [7, 11) is 0. The van der Waals surface area contributed by atoms with Crippen molar-refractivity contribution in [1.82, 2.24) is 0 Å². The average molecular weight is 314 g/mol. The highest BCUT2D eigenvalue weighted by atomic mass is 35.5. The van der Waals surface area contributed by atoms with E-state index in [2.05, 4.69) is 0 Å². The van der Waals surface area contributed by atoms with E-state index in [4.69, 9.17) is 16.3 Å². The number of rotatable bonds is 5. The number of thiophene rings is 1. The summed E-state index contributed by atoms with van der Waals surface area (Å²) in [5.41, 5.74) is 0.314. The molecule has 0 saturated carbocycles. The van der Waals surface area contributed by atoms with E-state index in [9.17, 15) is 15.2 Å². The third-order valence-corrected chi connectivity index (χ3v) is 3.86. The van der Waals surface area contributed by atoms with Gasteiger partial charge in [0.2, 0.25) is 0 Å². The molecule has 0 fully saturated rings. The molecule has 0 radical (unpaired) electrons. The average Bonchev–Trinajstić information content (AvgIpc) is 2.81. The molecule has 0 aliphatic rings. The maximum atomic E-state index is 10.7. The first-order valence-electron chi connectivity index (χ1n) is 5.81. The minimum absolute atomic E-state index is 0.0765. The van der Waals surface area contributed by atoms with Crippen molar-refractivity contribution in [3.05, 3.63) is 55.2 Å². The van der Waals surface area contributed by atoms with E-state index in [1.165, 1.54) is 36.5 Å². The van der Waals surface area contributed by atoms with Crippen molar-refractivity contribution in [2.75, 3.05) is 0 Å². The van der Waals surface area contributed by atoms with Gasteiger partial charge in [-0.3, -0.25) is 10.1 Å². The van der Waals surface area contributed by atoms with E-state index >= 15 is 0 Å². The summed E-state index contributed by atoms with van der Waals surface area (Å²) in [6, 6.07) is 7.79. The molecule has 0 aliphatic carbocycles. The molecule has 7 heteroatoms. The third kappa shape index (κ3) is 3.47. The molecule has 0 aliphatic heterocycles. The molecule has 0 amide bonds. The number of non-ortho nitro benzene ring substituents is 1. The number of nitro benzene ring substituents is 1. The van der Waals surface area contributed by atoms with Gasteiger partial charge in [-0.2, -0.15) is 0 Å². The molecule has 5 nitrogen and oxygen atoms in total. The predicted octanol–water partition coefficient (Wildman–Crippen LogP) is 3.94. The lowest BCUT2D eigenvalue weighted by atomic mass is 10.1. The van der Waals surface area contributed by atoms with Gasteiger partial charge in [-0.15, -0.1) is 11.3 Å². The van der Waals surface area contributed by atoms with Crippen LogP contribution in [0.5, 0.6) is 5.75 Å². The van der Waals surface area contributed by atoms with E-state index in [1.54, 1.807) is 6.07 Å². The second-order valence-electron chi connectivity index (χ2n) is 4.15. The summed E-state index contributed by atoms with van der Waals surface area (Å²) in [4.78, 5) is 11.2. The van der Waals surface area contributed by atoms with Crippen molar-refractivity contribution < 1.29 is 14.8 Å². The first-order chi connectivity index (χ1) is 9.47. The van der Waals surface area contributed by atoms with Crippen LogP contribution in [0.4, 0.5) is 5.69 Å². The smallest absolute Gasteiger partial charge is 0.270 e. The number of aliphatic hydroxyl groups is 1. The Balaban J connectivity index is 2.20. The Morgan fingerprint density at radius 1 is 1.45 bits per heavy atom. The minimum Gasteiger partial charge on any atom is -0.488 e. The van der Waals surface area contributed by atoms with Crippen LogP contribution in [0, 0.1) is 10.1 Å². The topological polar surface area (TPSA) is 72.6 Å². The van der Waals surface area contributed by atoms with Crippen LogP contribution in [0.25, 0.3) is 0 Å². The monoisotopic (exact) mass is 313 g/mol. The van der Waals surface area contributed by atoms with Gasteiger partial charge in [-0.25, -0.2) is 0 Å². The van der Waals surface area contributed by atoms with E-state index in [1.807, 2.05) is 6.07 Å². The molecule has 1 aromatic carbocycles. The van der Waals surface area contributed by atoms with E-state index < -0.39 is 11.0 Å². The lowest BCUT2D eigenvalue weighted by molar-refractivity contribution is -0.385. The fourth-order valence-electron chi connectivity index (χ4n) is 1.69. The van der Waals surface area contributed by atoms with Gasteiger partial charge < -0.3 is 9.84 Å². The van der Waals surface area contributed by atoms with E-state index in [0.29, 0.717) is 22.3 Å². The summed E-state index contributed by atoms with van der Waals surface area (Å²) in [6.07, 6.45) is -0.850. The molecule has 20 heavy (non-hydrogen) atoms. The van der Waals surface area contributed by atoms with Crippen molar-refractivity contribution >= 4 is 28.6 Å². The van der Waals surface area contributed by atoms with Crippen LogP contribution in [0.1, 0.15) is 23.5 Å². The molecular weight excluding hydrogens is 302 g/mol. The molecule has 2 aromatic rings. The van der Waals surface area contributed by atoms with Gasteiger partial charge in [0.1, 0.15) is 12.4 Å². The van der Waals surface area contributed by atoms with Crippen LogP contribution in [0.3, 0.4) is 0 Å². The van der Waals surface area contributed by atoms with Crippen LogP contribution < -0.4 is 4.74 Å². The number of hydrogen-bond donors (Lipinski definition) is 1. The molecule has 1 aromatic heterocycles. The molecule has 1 atom stereocenters. The number of benzene rings is 1. The molecule has 0 saturated heterocycles. The predicted molar refractivity (Wildman–Crippen MR) is 77.4 cm³/mol. The molecule has 2 rings (SSSR count). The zero-order chi connectivity index (χ0) is 14.7. The van der Waals surface area contributed by atoms with Crippen molar-refractivity contribution in [3.8, 4) is 5.75 Å². The Bertz CT molecular complexity index is 627. The van der Waals surface area contributed by atoms with E-state index in [-0.39, 0.29) is 5.69 Å². The molecule has 0 bridgehead atoms. The number of ether oxygens (including phenoxy) is 1. The standard InChI is InChI=1S/C13H12ClNO4S/c1-8(16)11-6-9(15(17)18)2-4-12(11)19-7-10-3-5-13(14)20-10/h2-6,8,16H,7H2,1H3/t8-/m0/s1. The van der Waals surface area contributed by atoms with Crippen molar-refractivity contribution in [3.63, 3.8) is 0 Å². The number of nitro groups is 1. The van der Waals surface area contributed by atoms with E-state index in [0.717, 1.165) is 4.88 Å². The highest BCUT2D eigenvalue weighted by Crippen LogP contribution is 2.30. The number of halogens is 1. The van der Waals surface area contributed by atoms with Gasteiger partial charge in [-0.05, 0) is 25.1 Å².